The summed E-state index contributed by atoms with van der Waals surface area (Å²) in [6.07, 6.45) is -3.59. The number of anilines is 1. The fourth-order valence-electron chi connectivity index (χ4n) is 11.2. The standard InChI is InChI=1S/C62H61N15O10S6/c1-29-9-10-32(19-36(29)63)20-39-61(84)77-23-46(87-62(85)66-13-14-76-15-17-86-18-16-76)30(2)50(77)60-74-44(28-92-60)58-70-40(24-90-58)49-34(11-12-37(67-49)57-71-41(25-91-57)52(65)81)55-72-42(26-88-55)53(82)68-38(22-47(64)79)59-75-48(31(3)93-59)45(78)21-35(51(80)33-7-5-4-6-8-33)56-73-43(27-89-56)54(83)69-39/h4-12,19,24-28,30,35,38-39,46,50-51,80H,13-18,20-23,63H2,1-3H3,(H2,64,79)(H2,65,81)(H,66,85)(H,68,82)(H,69,83)/t30-,35-,38-,39-,46-,50-,51+/m0/s1. The number of aromatic nitrogens is 7. The molecule has 480 valence electrons. The van der Waals surface area contributed by atoms with E-state index < -0.39 is 83.6 Å². The van der Waals surface area contributed by atoms with Crippen LogP contribution >= 0.6 is 68.0 Å². The molecule has 10 N–H and O–H groups in total. The number of nitrogens with two attached hydrogens (primary N) is 3. The fraction of sp³-hybridized carbons (Fsp3) is 0.323. The lowest BCUT2D eigenvalue weighted by Crippen LogP contribution is -2.50. The molecule has 12 rings (SSSR count). The van der Waals surface area contributed by atoms with Gasteiger partial charge in [-0.05, 0) is 48.7 Å². The first-order valence-electron chi connectivity index (χ1n) is 29.5. The van der Waals surface area contributed by atoms with Crippen LogP contribution in [-0.2, 0) is 25.5 Å². The first-order valence-corrected chi connectivity index (χ1v) is 34.7. The van der Waals surface area contributed by atoms with Gasteiger partial charge in [-0.1, -0.05) is 49.4 Å². The van der Waals surface area contributed by atoms with Crippen LogP contribution in [0.4, 0.5) is 10.5 Å². The van der Waals surface area contributed by atoms with E-state index in [4.69, 9.17) is 56.6 Å². The van der Waals surface area contributed by atoms with Crippen molar-refractivity contribution in [2.75, 3.05) is 51.7 Å². The normalized spacial score (nSPS) is 20.1. The molecule has 25 nitrogen and oxygen atoms in total. The van der Waals surface area contributed by atoms with Crippen molar-refractivity contribution >= 4 is 115 Å². The van der Waals surface area contributed by atoms with Crippen LogP contribution in [0.15, 0.2) is 87.6 Å². The number of alkyl carbamates (subject to hydrolysis) is 1. The Hall–Kier alpha value is -8.66. The summed E-state index contributed by atoms with van der Waals surface area (Å²) < 4.78 is 11.7. The fourth-order valence-corrected chi connectivity index (χ4v) is 16.6. The van der Waals surface area contributed by atoms with Gasteiger partial charge in [-0.25, -0.2) is 39.7 Å². The lowest BCUT2D eigenvalue weighted by Gasteiger charge is -2.29. The first kappa shape index (κ1) is 64.4. The third-order valence-electron chi connectivity index (χ3n) is 16.2. The number of aliphatic hydroxyl groups excluding tert-OH is 1. The quantitative estimate of drug-likeness (QED) is 0.0581. The van der Waals surface area contributed by atoms with E-state index in [1.807, 2.05) is 31.4 Å². The summed E-state index contributed by atoms with van der Waals surface area (Å²) >= 11 is 7.01. The molecule has 3 aliphatic heterocycles. The van der Waals surface area contributed by atoms with Gasteiger partial charge >= 0.3 is 6.09 Å². The maximum Gasteiger partial charge on any atom is 0.407 e. The zero-order valence-corrected chi connectivity index (χ0v) is 55.0. The van der Waals surface area contributed by atoms with E-state index in [0.29, 0.717) is 96.4 Å². The third kappa shape index (κ3) is 14.3. The van der Waals surface area contributed by atoms with Gasteiger partial charge in [0.15, 0.2) is 5.78 Å². The molecule has 10 bridgehead atoms. The number of benzene rings is 2. The number of rotatable bonds is 12. The van der Waals surface area contributed by atoms with Gasteiger partial charge in [-0.3, -0.25) is 33.7 Å². The minimum absolute atomic E-state index is 0.0147. The number of nitrogens with one attached hydrogen (secondary N) is 3. The van der Waals surface area contributed by atoms with Crippen LogP contribution in [0.1, 0.15) is 122 Å². The van der Waals surface area contributed by atoms with Gasteiger partial charge < -0.3 is 52.6 Å². The highest BCUT2D eigenvalue weighted by molar-refractivity contribution is 7.15. The average molecular weight is 1370 g/mol. The number of ketones is 1. The SMILES string of the molecule is Cc1ccc(C[C@@H]2NC(=O)c3csc(n3)[C@H]([C@H](O)c3ccccc3)CC(=O)c3nc(sc3C)[C@H](CC(N)=O)NC(=O)c3csc(n3)-c3ccc(-c4nc(C(N)=O)cs4)nc3-c3csc(n3)-c3csc(n3)[C@@H]3[C@@H](C)[C@@H](OC(=O)NCCN4CCOCC4)CN3C2=O)cc1N. The summed E-state index contributed by atoms with van der Waals surface area (Å²) in [5.74, 6) is -5.47. The molecular formula is C62H61N15O10S6. The van der Waals surface area contributed by atoms with Crippen molar-refractivity contribution in [3.8, 4) is 43.4 Å². The number of aryl methyl sites for hydroxylation is 2. The van der Waals surface area contributed by atoms with Gasteiger partial charge in [-0.15, -0.1) is 68.0 Å². The average Bonchev–Trinajstić information content (AvgIpc) is 1.68. The van der Waals surface area contributed by atoms with E-state index in [-0.39, 0.29) is 58.6 Å². The zero-order chi connectivity index (χ0) is 65.2. The Morgan fingerprint density at radius 3 is 2.17 bits per heavy atom. The molecule has 10 heterocycles. The van der Waals surface area contributed by atoms with E-state index in [2.05, 4.69) is 25.8 Å². The molecule has 0 unspecified atom stereocenters. The number of aliphatic hydroxyl groups is 1. The van der Waals surface area contributed by atoms with E-state index in [1.165, 1.54) is 44.8 Å². The largest absolute Gasteiger partial charge is 0.444 e. The molecular weight excluding hydrogens is 1310 g/mol. The lowest BCUT2D eigenvalue weighted by atomic mass is 9.90. The van der Waals surface area contributed by atoms with E-state index in [1.54, 1.807) is 71.1 Å². The second-order valence-corrected chi connectivity index (χ2v) is 28.1. The first-order chi connectivity index (χ1) is 44.8. The van der Waals surface area contributed by atoms with E-state index >= 15 is 4.79 Å². The number of ether oxygens (including phenoxy) is 2. The van der Waals surface area contributed by atoms with Crippen LogP contribution in [0.25, 0.3) is 43.4 Å². The second kappa shape index (κ2) is 27.9. The molecule has 0 radical (unpaired) electrons. The van der Waals surface area contributed by atoms with Crippen molar-refractivity contribution in [1.82, 2.24) is 60.6 Å². The highest BCUT2D eigenvalue weighted by atomic mass is 32.1. The monoisotopic (exact) mass is 1370 g/mol. The third-order valence-corrected chi connectivity index (χ3v) is 21.8. The van der Waals surface area contributed by atoms with E-state index in [0.717, 1.165) is 52.7 Å². The molecule has 9 aromatic rings. The van der Waals surface area contributed by atoms with Crippen LogP contribution in [-0.4, -0.2) is 149 Å². The number of thiazole rings is 6. The molecule has 2 aromatic carbocycles. The number of fused-ring (bicyclic) bond motifs is 16. The Bertz CT molecular complexity index is 4310. The Kier molecular flexibility index (Phi) is 19.3. The van der Waals surface area contributed by atoms with Crippen LogP contribution in [0.3, 0.4) is 0 Å². The molecule has 6 amide bonds. The van der Waals surface area contributed by atoms with Crippen molar-refractivity contribution < 1.29 is 48.1 Å². The number of amides is 6. The van der Waals surface area contributed by atoms with Crippen LogP contribution < -0.4 is 33.2 Å². The summed E-state index contributed by atoms with van der Waals surface area (Å²) in [7, 11) is 0. The zero-order valence-electron chi connectivity index (χ0n) is 50.1. The van der Waals surface area contributed by atoms with Gasteiger partial charge in [-0.2, -0.15) is 0 Å². The Balaban J connectivity index is 0.958. The van der Waals surface area contributed by atoms with Crippen molar-refractivity contribution in [2.45, 2.75) is 76.3 Å². The smallest absolute Gasteiger partial charge is 0.407 e. The number of nitrogen functional groups attached to an aromatic ring is 1. The van der Waals surface area contributed by atoms with Crippen molar-refractivity contribution in [2.24, 2.45) is 17.4 Å². The molecule has 0 aliphatic carbocycles. The van der Waals surface area contributed by atoms with Gasteiger partial charge in [0, 0.05) is 93.9 Å². The number of nitrogens with zero attached hydrogens (tertiary/aromatic N) is 9. The molecule has 31 heteroatoms. The molecule has 0 saturated carbocycles. The number of morpholine rings is 1. The Morgan fingerprint density at radius 1 is 0.742 bits per heavy atom. The Labute approximate surface area is 555 Å². The van der Waals surface area contributed by atoms with Gasteiger partial charge in [0.2, 0.25) is 11.8 Å². The topological polar surface area (TPSA) is 369 Å². The summed E-state index contributed by atoms with van der Waals surface area (Å²) in [5, 5.41) is 31.3. The maximum absolute atomic E-state index is 15.8. The summed E-state index contributed by atoms with van der Waals surface area (Å²) in [6, 6.07) is 14.4. The number of pyridine rings is 1. The van der Waals surface area contributed by atoms with Crippen molar-refractivity contribution in [3.05, 3.63) is 147 Å². The van der Waals surface area contributed by atoms with Gasteiger partial charge in [0.05, 0.1) is 55.1 Å². The van der Waals surface area contributed by atoms with Crippen molar-refractivity contribution in [3.63, 3.8) is 0 Å². The van der Waals surface area contributed by atoms with Gasteiger partial charge in [0.1, 0.15) is 77.0 Å². The highest BCUT2D eigenvalue weighted by Gasteiger charge is 2.48. The predicted octanol–water partition coefficient (Wildman–Crippen LogP) is 7.52. The van der Waals surface area contributed by atoms with Crippen LogP contribution in [0.5, 0.6) is 0 Å². The molecule has 0 spiro atoms. The summed E-state index contributed by atoms with van der Waals surface area (Å²) in [6.45, 7) is 8.87. The molecule has 2 saturated heterocycles. The number of carbonyl (C=O) groups excluding carboxylic acids is 7. The van der Waals surface area contributed by atoms with E-state index in [9.17, 15) is 33.9 Å². The number of hydrogen-bond donors (Lipinski definition) is 7. The summed E-state index contributed by atoms with van der Waals surface area (Å²) in [4.78, 5) is 136. The highest BCUT2D eigenvalue weighted by Crippen LogP contribution is 2.44. The number of carbonyl (C=O) groups is 7. The number of hydrogen-bond acceptors (Lipinski definition) is 25. The summed E-state index contributed by atoms with van der Waals surface area (Å²) in [5.41, 5.74) is 22.3. The van der Waals surface area contributed by atoms with Crippen molar-refractivity contribution in [1.29, 1.82) is 0 Å². The number of Topliss-reactive ketones (excluding diaryl/α,β-unsaturated/α-hetero) is 1. The minimum Gasteiger partial charge on any atom is -0.444 e. The maximum atomic E-state index is 15.8. The Morgan fingerprint density at radius 2 is 1.42 bits per heavy atom. The second-order valence-electron chi connectivity index (χ2n) is 22.5. The molecule has 7 atom stereocenters. The lowest BCUT2D eigenvalue weighted by molar-refractivity contribution is -0.134. The predicted molar refractivity (Wildman–Crippen MR) is 353 cm³/mol. The van der Waals surface area contributed by atoms with Crippen LogP contribution in [0.2, 0.25) is 0 Å². The van der Waals surface area contributed by atoms with Gasteiger partial charge in [0.25, 0.3) is 17.7 Å². The molecule has 3 aliphatic rings. The molecule has 7 aromatic heterocycles. The number of primary amides is 2. The molecule has 2 fully saturated rings. The molecule has 93 heavy (non-hydrogen) atoms. The van der Waals surface area contributed by atoms with Crippen LogP contribution in [0, 0.1) is 19.8 Å². The minimum atomic E-state index is -1.31.